The fourth-order valence-electron chi connectivity index (χ4n) is 2.65. The van der Waals surface area contributed by atoms with Gasteiger partial charge in [-0.15, -0.1) is 0 Å². The van der Waals surface area contributed by atoms with Crippen molar-refractivity contribution < 1.29 is 0 Å². The Morgan fingerprint density at radius 3 is 2.43 bits per heavy atom. The molecule has 0 atom stereocenters. The molecule has 0 unspecified atom stereocenters. The maximum atomic E-state index is 4.26. The summed E-state index contributed by atoms with van der Waals surface area (Å²) < 4.78 is 0. The minimum atomic E-state index is 0.739. The van der Waals surface area contributed by atoms with E-state index in [0.717, 1.165) is 30.9 Å². The minimum absolute atomic E-state index is 0.739. The van der Waals surface area contributed by atoms with Crippen molar-refractivity contribution in [2.45, 2.75) is 52.9 Å². The first kappa shape index (κ1) is 18.3. The fourth-order valence-corrected chi connectivity index (χ4v) is 2.65. The summed E-state index contributed by atoms with van der Waals surface area (Å²) in [4.78, 5) is 6.89. The highest BCUT2D eigenvalue weighted by atomic mass is 15.2. The molecule has 0 spiro atoms. The van der Waals surface area contributed by atoms with Crippen molar-refractivity contribution in [3.8, 4) is 0 Å². The van der Waals surface area contributed by atoms with Crippen molar-refractivity contribution in [3.63, 3.8) is 0 Å². The van der Waals surface area contributed by atoms with Crippen LogP contribution in [0, 0.1) is 11.8 Å². The molecule has 1 saturated heterocycles. The molecule has 0 bridgehead atoms. The van der Waals surface area contributed by atoms with Crippen LogP contribution in [0.1, 0.15) is 52.9 Å². The Bertz CT molecular complexity index is 281. The van der Waals surface area contributed by atoms with Crippen LogP contribution >= 0.6 is 0 Å². The number of hydrogen-bond acceptors (Lipinski definition) is 2. The van der Waals surface area contributed by atoms with Crippen LogP contribution in [0.5, 0.6) is 0 Å². The van der Waals surface area contributed by atoms with Crippen molar-refractivity contribution in [2.24, 2.45) is 16.8 Å². The molecule has 0 saturated carbocycles. The van der Waals surface area contributed by atoms with Gasteiger partial charge in [0.1, 0.15) is 0 Å². The summed E-state index contributed by atoms with van der Waals surface area (Å²) in [5, 5.41) is 6.78. The van der Waals surface area contributed by atoms with Crippen LogP contribution in [0.25, 0.3) is 0 Å². The molecule has 0 radical (unpaired) electrons. The van der Waals surface area contributed by atoms with E-state index in [2.05, 4.69) is 41.3 Å². The predicted molar refractivity (Wildman–Crippen MR) is 92.9 cm³/mol. The maximum Gasteiger partial charge on any atom is 0.190 e. The van der Waals surface area contributed by atoms with Crippen LogP contribution in [0.2, 0.25) is 0 Å². The Labute approximate surface area is 131 Å². The van der Waals surface area contributed by atoms with Crippen molar-refractivity contribution in [1.82, 2.24) is 15.5 Å². The molecule has 124 valence electrons. The SMILES string of the molecule is CN=C(NCCCCN1CCC(C)CC1)NCCC(C)C. The maximum absolute atomic E-state index is 4.26. The lowest BCUT2D eigenvalue weighted by Crippen LogP contribution is -2.39. The van der Waals surface area contributed by atoms with Gasteiger partial charge in [-0.2, -0.15) is 0 Å². The molecule has 4 nitrogen and oxygen atoms in total. The number of nitrogens with one attached hydrogen (secondary N) is 2. The number of nitrogens with zero attached hydrogens (tertiary/aromatic N) is 2. The summed E-state index contributed by atoms with van der Waals surface area (Å²) in [6.07, 6.45) is 6.45. The smallest absolute Gasteiger partial charge is 0.190 e. The van der Waals surface area contributed by atoms with Gasteiger partial charge in [-0.05, 0) is 63.6 Å². The van der Waals surface area contributed by atoms with Crippen molar-refractivity contribution in [1.29, 1.82) is 0 Å². The van der Waals surface area contributed by atoms with E-state index in [4.69, 9.17) is 0 Å². The molecular formula is C17H36N4. The summed E-state index contributed by atoms with van der Waals surface area (Å²) in [5.74, 6) is 2.62. The summed E-state index contributed by atoms with van der Waals surface area (Å²) in [5.41, 5.74) is 0. The summed E-state index contributed by atoms with van der Waals surface area (Å²) in [6.45, 7) is 12.8. The monoisotopic (exact) mass is 296 g/mol. The number of likely N-dealkylation sites (tertiary alicyclic amines) is 1. The molecule has 1 fully saturated rings. The van der Waals surface area contributed by atoms with E-state index in [-0.39, 0.29) is 0 Å². The lowest BCUT2D eigenvalue weighted by Gasteiger charge is -2.30. The van der Waals surface area contributed by atoms with Gasteiger partial charge in [-0.25, -0.2) is 0 Å². The lowest BCUT2D eigenvalue weighted by molar-refractivity contribution is 0.189. The van der Waals surface area contributed by atoms with Gasteiger partial charge in [0.15, 0.2) is 5.96 Å². The zero-order valence-electron chi connectivity index (χ0n) is 14.6. The molecule has 0 amide bonds. The van der Waals surface area contributed by atoms with Crippen LogP contribution < -0.4 is 10.6 Å². The number of rotatable bonds is 8. The highest BCUT2D eigenvalue weighted by molar-refractivity contribution is 5.79. The van der Waals surface area contributed by atoms with Crippen LogP contribution in [0.15, 0.2) is 4.99 Å². The van der Waals surface area contributed by atoms with E-state index >= 15 is 0 Å². The number of unbranched alkanes of at least 4 members (excludes halogenated alkanes) is 1. The second-order valence-corrected chi connectivity index (χ2v) is 6.84. The van der Waals surface area contributed by atoms with E-state index in [0.29, 0.717) is 0 Å². The van der Waals surface area contributed by atoms with Gasteiger partial charge in [-0.3, -0.25) is 4.99 Å². The molecular weight excluding hydrogens is 260 g/mol. The third-order valence-electron chi connectivity index (χ3n) is 4.31. The van der Waals surface area contributed by atoms with Gasteiger partial charge in [-0.1, -0.05) is 20.8 Å². The quantitative estimate of drug-likeness (QED) is 0.411. The first-order valence-electron chi connectivity index (χ1n) is 8.78. The molecule has 1 aliphatic rings. The Morgan fingerprint density at radius 2 is 1.81 bits per heavy atom. The lowest BCUT2D eigenvalue weighted by atomic mass is 9.99. The molecule has 2 N–H and O–H groups in total. The largest absolute Gasteiger partial charge is 0.356 e. The van der Waals surface area contributed by atoms with Gasteiger partial charge in [0.2, 0.25) is 0 Å². The zero-order valence-corrected chi connectivity index (χ0v) is 14.6. The van der Waals surface area contributed by atoms with Crippen molar-refractivity contribution >= 4 is 5.96 Å². The second-order valence-electron chi connectivity index (χ2n) is 6.84. The molecule has 4 heteroatoms. The number of hydrogen-bond donors (Lipinski definition) is 2. The molecule has 1 aliphatic heterocycles. The third-order valence-corrected chi connectivity index (χ3v) is 4.31. The first-order valence-corrected chi connectivity index (χ1v) is 8.78. The van der Waals surface area contributed by atoms with Crippen LogP contribution in [0.4, 0.5) is 0 Å². The van der Waals surface area contributed by atoms with Crippen LogP contribution in [0.3, 0.4) is 0 Å². The number of aliphatic imine (C=N–C) groups is 1. The van der Waals surface area contributed by atoms with E-state index in [1.807, 2.05) is 7.05 Å². The highest BCUT2D eigenvalue weighted by Crippen LogP contribution is 2.15. The Hall–Kier alpha value is -0.770. The Morgan fingerprint density at radius 1 is 1.14 bits per heavy atom. The van der Waals surface area contributed by atoms with E-state index < -0.39 is 0 Å². The van der Waals surface area contributed by atoms with E-state index in [9.17, 15) is 0 Å². The van der Waals surface area contributed by atoms with Gasteiger partial charge < -0.3 is 15.5 Å². The summed E-state index contributed by atoms with van der Waals surface area (Å²) >= 11 is 0. The predicted octanol–water partition coefficient (Wildman–Crippen LogP) is 2.71. The minimum Gasteiger partial charge on any atom is -0.356 e. The number of guanidine groups is 1. The Kier molecular flexibility index (Phi) is 9.48. The first-order chi connectivity index (χ1) is 10.1. The van der Waals surface area contributed by atoms with Gasteiger partial charge in [0.05, 0.1) is 0 Å². The van der Waals surface area contributed by atoms with Crippen LogP contribution in [-0.2, 0) is 0 Å². The molecule has 1 heterocycles. The van der Waals surface area contributed by atoms with Gasteiger partial charge >= 0.3 is 0 Å². The average molecular weight is 297 g/mol. The topological polar surface area (TPSA) is 39.7 Å². The van der Waals surface area contributed by atoms with E-state index in [1.165, 1.54) is 51.7 Å². The molecule has 0 aliphatic carbocycles. The second kappa shape index (κ2) is 10.9. The molecule has 21 heavy (non-hydrogen) atoms. The Balaban J connectivity index is 1.99. The fraction of sp³-hybridized carbons (Fsp3) is 0.941. The summed E-state index contributed by atoms with van der Waals surface area (Å²) in [6, 6.07) is 0. The van der Waals surface area contributed by atoms with Gasteiger partial charge in [0.25, 0.3) is 0 Å². The highest BCUT2D eigenvalue weighted by Gasteiger charge is 2.14. The molecule has 1 rings (SSSR count). The van der Waals surface area contributed by atoms with Crippen molar-refractivity contribution in [3.05, 3.63) is 0 Å². The van der Waals surface area contributed by atoms with E-state index in [1.54, 1.807) is 0 Å². The molecule has 0 aromatic heterocycles. The zero-order chi connectivity index (χ0) is 15.5. The number of piperidine rings is 1. The third kappa shape index (κ3) is 8.97. The summed E-state index contributed by atoms with van der Waals surface area (Å²) in [7, 11) is 1.85. The van der Waals surface area contributed by atoms with Crippen molar-refractivity contribution in [2.75, 3.05) is 39.8 Å². The van der Waals surface area contributed by atoms with Gasteiger partial charge in [0, 0.05) is 20.1 Å². The standard InChI is InChI=1S/C17H36N4/c1-15(2)7-11-20-17(18-4)19-10-5-6-12-21-13-8-16(3)9-14-21/h15-16H,5-14H2,1-4H3,(H2,18,19,20). The average Bonchev–Trinajstić information content (AvgIpc) is 2.46. The normalized spacial score (nSPS) is 18.2. The molecule has 0 aromatic carbocycles. The molecule has 0 aromatic rings. The van der Waals surface area contributed by atoms with Crippen LogP contribution in [-0.4, -0.2) is 50.6 Å².